The Morgan fingerprint density at radius 3 is 2.80 bits per heavy atom. The Balaban J connectivity index is 2.59. The molecular weight excluding hydrogens is 192 g/mol. The quantitative estimate of drug-likeness (QED) is 0.814. The summed E-state index contributed by atoms with van der Waals surface area (Å²) in [6.45, 7) is 1.95. The molecule has 1 aromatic heterocycles. The summed E-state index contributed by atoms with van der Waals surface area (Å²) in [7, 11) is 1.63. The van der Waals surface area contributed by atoms with Crippen molar-refractivity contribution < 1.29 is 9.26 Å². The molecule has 15 heavy (non-hydrogen) atoms. The first-order valence-electron chi connectivity index (χ1n) is 4.58. The maximum atomic E-state index is 5.74. The molecule has 0 amide bonds. The monoisotopic (exact) mass is 204 g/mol. The molecule has 0 atom stereocenters. The first kappa shape index (κ1) is 9.58. The molecule has 2 N–H and O–H groups in total. The molecule has 0 saturated carbocycles. The summed E-state index contributed by atoms with van der Waals surface area (Å²) in [5.41, 5.74) is 8.17. The smallest absolute Gasteiger partial charge is 0.190 e. The van der Waals surface area contributed by atoms with E-state index in [2.05, 4.69) is 5.16 Å². The molecule has 0 spiro atoms. The third-order valence-corrected chi connectivity index (χ3v) is 2.35. The van der Waals surface area contributed by atoms with E-state index in [1.807, 2.05) is 25.1 Å². The molecule has 1 aromatic carbocycles. The van der Waals surface area contributed by atoms with Crippen LogP contribution in [-0.4, -0.2) is 12.3 Å². The highest BCUT2D eigenvalue weighted by atomic mass is 16.5. The van der Waals surface area contributed by atoms with Gasteiger partial charge in [-0.05, 0) is 13.0 Å². The molecule has 4 nitrogen and oxygen atoms in total. The minimum absolute atomic E-state index is 0.534. The number of anilines is 1. The maximum Gasteiger partial charge on any atom is 0.190 e. The largest absolute Gasteiger partial charge is 0.496 e. The van der Waals surface area contributed by atoms with Crippen molar-refractivity contribution in [2.75, 3.05) is 12.8 Å². The Kier molecular flexibility index (Phi) is 2.33. The Hall–Kier alpha value is -1.97. The molecule has 0 radical (unpaired) electrons. The highest BCUT2D eigenvalue weighted by Gasteiger charge is 2.12. The van der Waals surface area contributed by atoms with E-state index in [0.29, 0.717) is 11.4 Å². The van der Waals surface area contributed by atoms with E-state index >= 15 is 0 Å². The van der Waals surface area contributed by atoms with Crippen molar-refractivity contribution in [3.63, 3.8) is 0 Å². The lowest BCUT2D eigenvalue weighted by Gasteiger charge is -2.07. The van der Waals surface area contributed by atoms with Crippen LogP contribution in [0.4, 0.5) is 5.69 Å². The SMILES string of the molecule is COc1cccc(-c2oncc2N)c1C. The van der Waals surface area contributed by atoms with Gasteiger partial charge in [0, 0.05) is 11.1 Å². The van der Waals surface area contributed by atoms with Crippen molar-refractivity contribution in [3.8, 4) is 17.1 Å². The second-order valence-corrected chi connectivity index (χ2v) is 3.24. The van der Waals surface area contributed by atoms with Crippen molar-refractivity contribution in [1.29, 1.82) is 0 Å². The second kappa shape index (κ2) is 3.65. The van der Waals surface area contributed by atoms with Crippen LogP contribution < -0.4 is 10.5 Å². The molecule has 0 aliphatic rings. The summed E-state index contributed by atoms with van der Waals surface area (Å²) in [6.07, 6.45) is 1.49. The Morgan fingerprint density at radius 2 is 2.20 bits per heavy atom. The maximum absolute atomic E-state index is 5.74. The number of benzene rings is 1. The van der Waals surface area contributed by atoms with Crippen LogP contribution in [0.1, 0.15) is 5.56 Å². The second-order valence-electron chi connectivity index (χ2n) is 3.24. The summed E-state index contributed by atoms with van der Waals surface area (Å²) >= 11 is 0. The molecule has 0 saturated heterocycles. The molecule has 78 valence electrons. The van der Waals surface area contributed by atoms with Crippen molar-refractivity contribution in [2.24, 2.45) is 0 Å². The van der Waals surface area contributed by atoms with Crippen molar-refractivity contribution >= 4 is 5.69 Å². The third-order valence-electron chi connectivity index (χ3n) is 2.35. The van der Waals surface area contributed by atoms with E-state index in [4.69, 9.17) is 15.0 Å². The van der Waals surface area contributed by atoms with Gasteiger partial charge in [-0.2, -0.15) is 0 Å². The number of aromatic nitrogens is 1. The molecule has 0 bridgehead atoms. The minimum Gasteiger partial charge on any atom is -0.496 e. The van der Waals surface area contributed by atoms with E-state index < -0.39 is 0 Å². The van der Waals surface area contributed by atoms with E-state index in [0.717, 1.165) is 16.9 Å². The zero-order valence-corrected chi connectivity index (χ0v) is 8.65. The van der Waals surface area contributed by atoms with Crippen LogP contribution >= 0.6 is 0 Å². The predicted octanol–water partition coefficient (Wildman–Crippen LogP) is 2.24. The standard InChI is InChI=1S/C11H12N2O2/c1-7-8(4-3-5-10(7)14-2)11-9(12)6-13-15-11/h3-6H,12H2,1-2H3. The van der Waals surface area contributed by atoms with E-state index in [1.165, 1.54) is 6.20 Å². The Labute approximate surface area is 87.6 Å². The van der Waals surface area contributed by atoms with Gasteiger partial charge in [0.05, 0.1) is 13.3 Å². The summed E-state index contributed by atoms with van der Waals surface area (Å²) in [4.78, 5) is 0. The van der Waals surface area contributed by atoms with E-state index in [9.17, 15) is 0 Å². The van der Waals surface area contributed by atoms with Crippen LogP contribution in [0.2, 0.25) is 0 Å². The summed E-state index contributed by atoms with van der Waals surface area (Å²) in [6, 6.07) is 5.71. The lowest BCUT2D eigenvalue weighted by Crippen LogP contribution is -1.91. The van der Waals surface area contributed by atoms with Gasteiger partial charge in [-0.3, -0.25) is 0 Å². The molecule has 2 aromatic rings. The fraction of sp³-hybridized carbons (Fsp3) is 0.182. The molecule has 2 rings (SSSR count). The fourth-order valence-electron chi connectivity index (χ4n) is 1.53. The van der Waals surface area contributed by atoms with Gasteiger partial charge in [0.25, 0.3) is 0 Å². The lowest BCUT2D eigenvalue weighted by molar-refractivity contribution is 0.410. The van der Waals surface area contributed by atoms with Crippen LogP contribution in [-0.2, 0) is 0 Å². The molecule has 0 aliphatic heterocycles. The molecule has 0 unspecified atom stereocenters. The molecule has 0 aliphatic carbocycles. The van der Waals surface area contributed by atoms with Crippen molar-refractivity contribution in [1.82, 2.24) is 5.16 Å². The van der Waals surface area contributed by atoms with E-state index in [1.54, 1.807) is 7.11 Å². The summed E-state index contributed by atoms with van der Waals surface area (Å²) < 4.78 is 10.3. The zero-order valence-electron chi connectivity index (χ0n) is 8.65. The summed E-state index contributed by atoms with van der Waals surface area (Å²) in [5, 5.41) is 3.65. The molecule has 0 fully saturated rings. The normalized spacial score (nSPS) is 10.3. The number of hydrogen-bond donors (Lipinski definition) is 1. The van der Waals surface area contributed by atoms with Gasteiger partial charge < -0.3 is 15.0 Å². The third kappa shape index (κ3) is 1.54. The fourth-order valence-corrected chi connectivity index (χ4v) is 1.53. The van der Waals surface area contributed by atoms with Gasteiger partial charge in [-0.1, -0.05) is 17.3 Å². The topological polar surface area (TPSA) is 61.3 Å². The van der Waals surface area contributed by atoms with Crippen LogP contribution in [0.5, 0.6) is 5.75 Å². The van der Waals surface area contributed by atoms with Crippen molar-refractivity contribution in [3.05, 3.63) is 30.0 Å². The number of methoxy groups -OCH3 is 1. The van der Waals surface area contributed by atoms with Crippen LogP contribution in [0.3, 0.4) is 0 Å². The Bertz CT molecular complexity index is 477. The number of hydrogen-bond acceptors (Lipinski definition) is 4. The average Bonchev–Trinajstić information content (AvgIpc) is 2.65. The average molecular weight is 204 g/mol. The summed E-state index contributed by atoms with van der Waals surface area (Å²) in [5.74, 6) is 1.40. The number of rotatable bonds is 2. The lowest BCUT2D eigenvalue weighted by atomic mass is 10.1. The number of ether oxygens (including phenoxy) is 1. The minimum atomic E-state index is 0.534. The van der Waals surface area contributed by atoms with E-state index in [-0.39, 0.29) is 0 Å². The molecule has 4 heteroatoms. The molecule has 1 heterocycles. The first-order chi connectivity index (χ1) is 7.24. The van der Waals surface area contributed by atoms with Gasteiger partial charge in [0.2, 0.25) is 0 Å². The van der Waals surface area contributed by atoms with Gasteiger partial charge in [0.1, 0.15) is 11.4 Å². The van der Waals surface area contributed by atoms with Gasteiger partial charge in [0.15, 0.2) is 5.76 Å². The Morgan fingerprint density at radius 1 is 1.40 bits per heavy atom. The number of nitrogen functional groups attached to an aromatic ring is 1. The number of nitrogens with two attached hydrogens (primary N) is 1. The highest BCUT2D eigenvalue weighted by Crippen LogP contribution is 2.32. The van der Waals surface area contributed by atoms with Gasteiger partial charge in [-0.15, -0.1) is 0 Å². The number of nitrogens with zero attached hydrogens (tertiary/aromatic N) is 1. The first-order valence-corrected chi connectivity index (χ1v) is 4.58. The zero-order chi connectivity index (χ0) is 10.8. The molecular formula is C11H12N2O2. The van der Waals surface area contributed by atoms with Crippen molar-refractivity contribution in [2.45, 2.75) is 6.92 Å². The van der Waals surface area contributed by atoms with Crippen LogP contribution in [0.15, 0.2) is 28.9 Å². The van der Waals surface area contributed by atoms with Gasteiger partial charge >= 0.3 is 0 Å². The van der Waals surface area contributed by atoms with Crippen LogP contribution in [0, 0.1) is 6.92 Å². The van der Waals surface area contributed by atoms with Crippen LogP contribution in [0.25, 0.3) is 11.3 Å². The predicted molar refractivity (Wildman–Crippen MR) is 57.6 cm³/mol. The highest BCUT2D eigenvalue weighted by molar-refractivity contribution is 5.74. The van der Waals surface area contributed by atoms with Gasteiger partial charge in [-0.25, -0.2) is 0 Å².